The highest BCUT2D eigenvalue weighted by molar-refractivity contribution is 7.89. The first-order valence-electron chi connectivity index (χ1n) is 3.31. The Morgan fingerprint density at radius 1 is 1.27 bits per heavy atom. The maximum Gasteiger partial charge on any atom is 0.212 e. The molecule has 0 aromatic heterocycles. The van der Waals surface area contributed by atoms with Gasteiger partial charge in [-0.05, 0) is 6.42 Å². The van der Waals surface area contributed by atoms with Crippen molar-refractivity contribution in [3.8, 4) is 0 Å². The van der Waals surface area contributed by atoms with Crippen LogP contribution in [0.2, 0.25) is 0 Å². The number of allylic oxidation sites excluding steroid dienone is 1. The summed E-state index contributed by atoms with van der Waals surface area (Å²) >= 11 is 0. The highest BCUT2D eigenvalue weighted by Gasteiger charge is 2.05. The molecule has 0 heterocycles. The quantitative estimate of drug-likeness (QED) is 0.603. The molecule has 0 bridgehead atoms. The van der Waals surface area contributed by atoms with E-state index in [4.69, 9.17) is 0 Å². The summed E-state index contributed by atoms with van der Waals surface area (Å²) in [4.78, 5) is 0. The normalized spacial score (nSPS) is 10.9. The molecule has 0 unspecified atom stereocenters. The molecule has 4 heteroatoms. The third-order valence-electron chi connectivity index (χ3n) is 1.04. The van der Waals surface area contributed by atoms with Crippen LogP contribution in [0.4, 0.5) is 0 Å². The van der Waals surface area contributed by atoms with Crippen molar-refractivity contribution in [2.75, 3.05) is 12.3 Å². The highest BCUT2D eigenvalue weighted by Crippen LogP contribution is 1.88. The summed E-state index contributed by atoms with van der Waals surface area (Å²) in [6.45, 7) is 7.12. The van der Waals surface area contributed by atoms with Crippen LogP contribution in [0.1, 0.15) is 6.42 Å². The summed E-state index contributed by atoms with van der Waals surface area (Å²) < 4.78 is 24.2. The van der Waals surface area contributed by atoms with Gasteiger partial charge >= 0.3 is 0 Å². The van der Waals surface area contributed by atoms with Gasteiger partial charge in [-0.25, -0.2) is 13.1 Å². The fraction of sp³-hybridized carbons (Fsp3) is 0.429. The van der Waals surface area contributed by atoms with Crippen molar-refractivity contribution < 1.29 is 8.42 Å². The predicted molar refractivity (Wildman–Crippen MR) is 46.8 cm³/mol. The zero-order chi connectivity index (χ0) is 8.74. The monoisotopic (exact) mass is 175 g/mol. The van der Waals surface area contributed by atoms with E-state index in [1.54, 1.807) is 6.08 Å². The summed E-state index contributed by atoms with van der Waals surface area (Å²) in [5.74, 6) is 0.102. The van der Waals surface area contributed by atoms with E-state index in [0.717, 1.165) is 0 Å². The molecular formula is C7H13NO2S. The van der Waals surface area contributed by atoms with Crippen LogP contribution >= 0.6 is 0 Å². The summed E-state index contributed by atoms with van der Waals surface area (Å²) in [6.07, 6.45) is 3.56. The molecule has 0 aromatic rings. The third-order valence-corrected chi connectivity index (χ3v) is 2.42. The van der Waals surface area contributed by atoms with Gasteiger partial charge < -0.3 is 0 Å². The Hall–Kier alpha value is -0.610. The first-order valence-corrected chi connectivity index (χ1v) is 4.96. The maximum absolute atomic E-state index is 10.9. The molecule has 0 amide bonds. The van der Waals surface area contributed by atoms with E-state index in [1.807, 2.05) is 0 Å². The van der Waals surface area contributed by atoms with Gasteiger partial charge in [0.2, 0.25) is 10.0 Å². The topological polar surface area (TPSA) is 46.2 Å². The molecular weight excluding hydrogens is 162 g/mol. The molecule has 0 aliphatic heterocycles. The van der Waals surface area contributed by atoms with E-state index < -0.39 is 10.0 Å². The number of hydrogen-bond acceptors (Lipinski definition) is 2. The molecule has 0 radical (unpaired) electrons. The van der Waals surface area contributed by atoms with Crippen LogP contribution in [0.5, 0.6) is 0 Å². The van der Waals surface area contributed by atoms with E-state index in [0.29, 0.717) is 13.0 Å². The minimum atomic E-state index is -3.10. The lowest BCUT2D eigenvalue weighted by Crippen LogP contribution is -2.26. The Morgan fingerprint density at radius 2 is 1.91 bits per heavy atom. The Bertz CT molecular complexity index is 201. The zero-order valence-corrected chi connectivity index (χ0v) is 7.23. The lowest BCUT2D eigenvalue weighted by atomic mass is 10.5. The molecule has 3 nitrogen and oxygen atoms in total. The average Bonchev–Trinajstić information content (AvgIpc) is 1.97. The van der Waals surface area contributed by atoms with Crippen molar-refractivity contribution in [1.82, 2.24) is 4.72 Å². The second-order valence-electron chi connectivity index (χ2n) is 2.03. The number of rotatable bonds is 6. The van der Waals surface area contributed by atoms with E-state index in [1.165, 1.54) is 6.08 Å². The van der Waals surface area contributed by atoms with Crippen LogP contribution in [-0.2, 0) is 10.0 Å². The van der Waals surface area contributed by atoms with Crippen LogP contribution in [-0.4, -0.2) is 20.7 Å². The van der Waals surface area contributed by atoms with Gasteiger partial charge in [-0.2, -0.15) is 0 Å². The maximum atomic E-state index is 10.9. The predicted octanol–water partition coefficient (Wildman–Crippen LogP) is 0.668. The molecule has 0 aliphatic rings. The minimum Gasteiger partial charge on any atom is -0.212 e. The molecule has 0 rings (SSSR count). The molecule has 0 fully saturated rings. The van der Waals surface area contributed by atoms with E-state index in [-0.39, 0.29) is 5.75 Å². The Labute approximate surface area is 67.9 Å². The Morgan fingerprint density at radius 3 is 2.36 bits per heavy atom. The standard InChI is InChI=1S/C7H13NO2S/c1-3-5-7-11(9,10)8-6-4-2/h3-4,8H,1-2,5-7H2. The van der Waals surface area contributed by atoms with Gasteiger partial charge in [-0.3, -0.25) is 0 Å². The van der Waals surface area contributed by atoms with Gasteiger partial charge in [-0.15, -0.1) is 13.2 Å². The summed E-state index contributed by atoms with van der Waals surface area (Å²) in [5.41, 5.74) is 0. The van der Waals surface area contributed by atoms with Crippen molar-refractivity contribution in [2.24, 2.45) is 0 Å². The fourth-order valence-electron chi connectivity index (χ4n) is 0.497. The highest BCUT2D eigenvalue weighted by atomic mass is 32.2. The van der Waals surface area contributed by atoms with Gasteiger partial charge in [0.15, 0.2) is 0 Å². The molecule has 64 valence electrons. The lowest BCUT2D eigenvalue weighted by Gasteiger charge is -2.00. The Kier molecular flexibility index (Phi) is 4.81. The van der Waals surface area contributed by atoms with E-state index in [2.05, 4.69) is 17.9 Å². The molecule has 0 atom stereocenters. The summed E-state index contributed by atoms with van der Waals surface area (Å²) in [6, 6.07) is 0. The van der Waals surface area contributed by atoms with Gasteiger partial charge in [0.1, 0.15) is 0 Å². The second kappa shape index (κ2) is 5.09. The van der Waals surface area contributed by atoms with Crippen molar-refractivity contribution in [2.45, 2.75) is 6.42 Å². The van der Waals surface area contributed by atoms with Gasteiger partial charge in [0, 0.05) is 6.54 Å². The van der Waals surface area contributed by atoms with Crippen molar-refractivity contribution in [3.05, 3.63) is 25.3 Å². The number of sulfonamides is 1. The largest absolute Gasteiger partial charge is 0.212 e. The van der Waals surface area contributed by atoms with Crippen molar-refractivity contribution in [1.29, 1.82) is 0 Å². The Balaban J connectivity index is 3.80. The van der Waals surface area contributed by atoms with Gasteiger partial charge in [0.05, 0.1) is 5.75 Å². The summed E-state index contributed by atoms with van der Waals surface area (Å²) in [5, 5.41) is 0. The van der Waals surface area contributed by atoms with Crippen molar-refractivity contribution >= 4 is 10.0 Å². The second-order valence-corrected chi connectivity index (χ2v) is 3.96. The molecule has 0 saturated heterocycles. The van der Waals surface area contributed by atoms with Crippen LogP contribution in [0.25, 0.3) is 0 Å². The number of nitrogens with one attached hydrogen (secondary N) is 1. The van der Waals surface area contributed by atoms with Crippen molar-refractivity contribution in [3.63, 3.8) is 0 Å². The van der Waals surface area contributed by atoms with Gasteiger partial charge in [0.25, 0.3) is 0 Å². The zero-order valence-electron chi connectivity index (χ0n) is 6.41. The molecule has 0 spiro atoms. The molecule has 0 saturated carbocycles. The van der Waals surface area contributed by atoms with E-state index in [9.17, 15) is 8.42 Å². The summed E-state index contributed by atoms with van der Waals surface area (Å²) in [7, 11) is -3.10. The lowest BCUT2D eigenvalue weighted by molar-refractivity contribution is 0.585. The minimum absolute atomic E-state index is 0.102. The average molecular weight is 175 g/mol. The first-order chi connectivity index (χ1) is 5.12. The first kappa shape index (κ1) is 10.4. The van der Waals surface area contributed by atoms with Crippen LogP contribution in [0.3, 0.4) is 0 Å². The molecule has 11 heavy (non-hydrogen) atoms. The van der Waals surface area contributed by atoms with Crippen LogP contribution in [0, 0.1) is 0 Å². The fourth-order valence-corrected chi connectivity index (χ4v) is 1.49. The van der Waals surface area contributed by atoms with Gasteiger partial charge in [-0.1, -0.05) is 12.2 Å². The third kappa shape index (κ3) is 5.82. The van der Waals surface area contributed by atoms with Crippen LogP contribution < -0.4 is 4.72 Å². The smallest absolute Gasteiger partial charge is 0.212 e. The SMILES string of the molecule is C=CCCS(=O)(=O)NCC=C. The molecule has 0 aromatic carbocycles. The van der Waals surface area contributed by atoms with Crippen LogP contribution in [0.15, 0.2) is 25.3 Å². The van der Waals surface area contributed by atoms with E-state index >= 15 is 0 Å². The molecule has 1 N–H and O–H groups in total. The number of hydrogen-bond donors (Lipinski definition) is 1. The molecule has 0 aliphatic carbocycles.